The average molecular weight is 320 g/mol. The highest BCUT2D eigenvalue weighted by Gasteiger charge is 2.21. The van der Waals surface area contributed by atoms with Gasteiger partial charge in [0.05, 0.1) is 0 Å². The lowest BCUT2D eigenvalue weighted by Crippen LogP contribution is -2.40. The lowest BCUT2D eigenvalue weighted by atomic mass is 9.96. The summed E-state index contributed by atoms with van der Waals surface area (Å²) in [6, 6.07) is 0.171. The summed E-state index contributed by atoms with van der Waals surface area (Å²) in [5.41, 5.74) is 0. The van der Waals surface area contributed by atoms with Crippen molar-refractivity contribution in [1.29, 1.82) is 0 Å². The molecule has 0 aromatic heterocycles. The normalized spacial score (nSPS) is 15.7. The third-order valence-electron chi connectivity index (χ3n) is 3.70. The van der Waals surface area contributed by atoms with Gasteiger partial charge in [-0.05, 0) is 52.6 Å². The van der Waals surface area contributed by atoms with Gasteiger partial charge in [0.2, 0.25) is 11.8 Å². The Hall–Kier alpha value is -0.810. The van der Waals surface area contributed by atoms with E-state index in [0.29, 0.717) is 25.2 Å². The SMILES string of the molecule is CNCC1CCN(C(=O)CCCC(=O)NC(C)C)CC1.Cl. The molecular weight excluding hydrogens is 290 g/mol. The summed E-state index contributed by atoms with van der Waals surface area (Å²) >= 11 is 0. The van der Waals surface area contributed by atoms with E-state index in [1.54, 1.807) is 0 Å². The Bertz CT molecular complexity index is 316. The highest BCUT2D eigenvalue weighted by molar-refractivity contribution is 5.85. The van der Waals surface area contributed by atoms with Crippen molar-refractivity contribution in [3.8, 4) is 0 Å². The summed E-state index contributed by atoms with van der Waals surface area (Å²) in [5, 5.41) is 6.04. The number of carbonyl (C=O) groups excluding carboxylic acids is 2. The van der Waals surface area contributed by atoms with Gasteiger partial charge in [0, 0.05) is 32.0 Å². The standard InChI is InChI=1S/C15H29N3O2.ClH/c1-12(2)17-14(19)5-4-6-15(20)18-9-7-13(8-10-18)11-16-3;/h12-13,16H,4-11H2,1-3H3,(H,17,19);1H. The van der Waals surface area contributed by atoms with E-state index < -0.39 is 0 Å². The molecule has 6 heteroatoms. The molecular formula is C15H30ClN3O2. The van der Waals surface area contributed by atoms with E-state index in [-0.39, 0.29) is 30.3 Å². The van der Waals surface area contributed by atoms with Gasteiger partial charge in [0.1, 0.15) is 0 Å². The minimum Gasteiger partial charge on any atom is -0.354 e. The molecule has 2 N–H and O–H groups in total. The molecule has 0 unspecified atom stereocenters. The molecule has 2 amide bonds. The molecule has 1 aliphatic rings. The van der Waals surface area contributed by atoms with Gasteiger partial charge in [-0.2, -0.15) is 0 Å². The van der Waals surface area contributed by atoms with E-state index in [9.17, 15) is 9.59 Å². The predicted octanol–water partition coefficient (Wildman–Crippen LogP) is 1.56. The first-order valence-corrected chi connectivity index (χ1v) is 7.74. The van der Waals surface area contributed by atoms with Gasteiger partial charge in [-0.25, -0.2) is 0 Å². The van der Waals surface area contributed by atoms with Crippen LogP contribution < -0.4 is 10.6 Å². The van der Waals surface area contributed by atoms with Crippen molar-refractivity contribution in [3.63, 3.8) is 0 Å². The highest BCUT2D eigenvalue weighted by Crippen LogP contribution is 2.17. The van der Waals surface area contributed by atoms with Gasteiger partial charge >= 0.3 is 0 Å². The van der Waals surface area contributed by atoms with E-state index in [4.69, 9.17) is 0 Å². The van der Waals surface area contributed by atoms with Crippen LogP contribution in [0.5, 0.6) is 0 Å². The number of hydrogen-bond donors (Lipinski definition) is 2. The Morgan fingerprint density at radius 3 is 2.33 bits per heavy atom. The molecule has 124 valence electrons. The van der Waals surface area contributed by atoms with Crippen LogP contribution in [-0.4, -0.2) is 49.4 Å². The zero-order chi connectivity index (χ0) is 15.0. The molecule has 0 aliphatic carbocycles. The molecule has 0 saturated carbocycles. The van der Waals surface area contributed by atoms with Crippen LogP contribution in [0.3, 0.4) is 0 Å². The summed E-state index contributed by atoms with van der Waals surface area (Å²) in [7, 11) is 1.97. The molecule has 0 aromatic carbocycles. The molecule has 0 atom stereocenters. The number of halogens is 1. The second kappa shape index (κ2) is 10.9. The summed E-state index contributed by atoms with van der Waals surface area (Å²) in [4.78, 5) is 25.5. The van der Waals surface area contributed by atoms with Crippen LogP contribution in [0.15, 0.2) is 0 Å². The number of nitrogens with one attached hydrogen (secondary N) is 2. The van der Waals surface area contributed by atoms with Crippen LogP contribution >= 0.6 is 12.4 Å². The zero-order valence-electron chi connectivity index (χ0n) is 13.5. The number of hydrogen-bond acceptors (Lipinski definition) is 3. The Morgan fingerprint density at radius 1 is 1.19 bits per heavy atom. The molecule has 1 aliphatic heterocycles. The summed E-state index contributed by atoms with van der Waals surface area (Å²) in [6.07, 6.45) is 3.75. The van der Waals surface area contributed by atoms with E-state index in [1.807, 2.05) is 25.8 Å². The largest absolute Gasteiger partial charge is 0.354 e. The number of rotatable bonds is 7. The minimum atomic E-state index is 0. The molecule has 0 spiro atoms. The van der Waals surface area contributed by atoms with Crippen LogP contribution in [-0.2, 0) is 9.59 Å². The molecule has 0 bridgehead atoms. The number of amides is 2. The lowest BCUT2D eigenvalue weighted by molar-refractivity contribution is -0.132. The Morgan fingerprint density at radius 2 is 1.81 bits per heavy atom. The second-order valence-corrected chi connectivity index (χ2v) is 5.96. The number of carbonyl (C=O) groups is 2. The fourth-order valence-electron chi connectivity index (χ4n) is 2.63. The topological polar surface area (TPSA) is 61.4 Å². The lowest BCUT2D eigenvalue weighted by Gasteiger charge is -2.32. The molecule has 1 saturated heterocycles. The van der Waals surface area contributed by atoms with Crippen LogP contribution in [0.25, 0.3) is 0 Å². The zero-order valence-corrected chi connectivity index (χ0v) is 14.3. The molecule has 1 fully saturated rings. The van der Waals surface area contributed by atoms with E-state index in [2.05, 4.69) is 10.6 Å². The van der Waals surface area contributed by atoms with Crippen LogP contribution in [0, 0.1) is 5.92 Å². The van der Waals surface area contributed by atoms with Crippen molar-refractivity contribution in [3.05, 3.63) is 0 Å². The van der Waals surface area contributed by atoms with Gasteiger partial charge in [0.15, 0.2) is 0 Å². The Balaban J connectivity index is 0.00000400. The molecule has 1 rings (SSSR count). The smallest absolute Gasteiger partial charge is 0.222 e. The summed E-state index contributed by atoms with van der Waals surface area (Å²) in [6.45, 7) is 6.65. The van der Waals surface area contributed by atoms with Crippen LogP contribution in [0.2, 0.25) is 0 Å². The van der Waals surface area contributed by atoms with Gasteiger partial charge in [0.25, 0.3) is 0 Å². The molecule has 1 heterocycles. The van der Waals surface area contributed by atoms with Crippen molar-refractivity contribution >= 4 is 24.2 Å². The summed E-state index contributed by atoms with van der Waals surface area (Å²) < 4.78 is 0. The van der Waals surface area contributed by atoms with Gasteiger partial charge < -0.3 is 15.5 Å². The molecule has 0 aromatic rings. The summed E-state index contributed by atoms with van der Waals surface area (Å²) in [5.74, 6) is 0.937. The maximum Gasteiger partial charge on any atom is 0.222 e. The molecule has 5 nitrogen and oxygen atoms in total. The maximum atomic E-state index is 12.0. The Labute approximate surface area is 134 Å². The third-order valence-corrected chi connectivity index (χ3v) is 3.70. The van der Waals surface area contributed by atoms with Crippen molar-refractivity contribution in [2.45, 2.75) is 52.0 Å². The van der Waals surface area contributed by atoms with Crippen molar-refractivity contribution in [2.75, 3.05) is 26.7 Å². The van der Waals surface area contributed by atoms with E-state index in [1.165, 1.54) is 0 Å². The predicted molar refractivity (Wildman–Crippen MR) is 87.6 cm³/mol. The van der Waals surface area contributed by atoms with Crippen molar-refractivity contribution in [1.82, 2.24) is 15.5 Å². The fraction of sp³-hybridized carbons (Fsp3) is 0.867. The van der Waals surface area contributed by atoms with Crippen LogP contribution in [0.1, 0.15) is 46.0 Å². The Kier molecular flexibility index (Phi) is 10.4. The first kappa shape index (κ1) is 20.2. The minimum absolute atomic E-state index is 0. The van der Waals surface area contributed by atoms with Crippen molar-refractivity contribution < 1.29 is 9.59 Å². The number of likely N-dealkylation sites (tertiary alicyclic amines) is 1. The van der Waals surface area contributed by atoms with Crippen LogP contribution in [0.4, 0.5) is 0 Å². The third kappa shape index (κ3) is 8.27. The molecule has 0 radical (unpaired) electrons. The quantitative estimate of drug-likeness (QED) is 0.748. The highest BCUT2D eigenvalue weighted by atomic mass is 35.5. The monoisotopic (exact) mass is 319 g/mol. The first-order chi connectivity index (χ1) is 9.52. The van der Waals surface area contributed by atoms with Gasteiger partial charge in [-0.3, -0.25) is 9.59 Å². The van der Waals surface area contributed by atoms with E-state index >= 15 is 0 Å². The second-order valence-electron chi connectivity index (χ2n) is 5.96. The average Bonchev–Trinajstić information content (AvgIpc) is 2.39. The van der Waals surface area contributed by atoms with Gasteiger partial charge in [-0.15, -0.1) is 12.4 Å². The van der Waals surface area contributed by atoms with Crippen molar-refractivity contribution in [2.24, 2.45) is 5.92 Å². The maximum absolute atomic E-state index is 12.0. The fourth-order valence-corrected chi connectivity index (χ4v) is 2.63. The van der Waals surface area contributed by atoms with E-state index in [0.717, 1.165) is 32.5 Å². The first-order valence-electron chi connectivity index (χ1n) is 7.74. The number of piperidine rings is 1. The molecule has 21 heavy (non-hydrogen) atoms. The number of nitrogens with zero attached hydrogens (tertiary/aromatic N) is 1. The van der Waals surface area contributed by atoms with Gasteiger partial charge in [-0.1, -0.05) is 0 Å².